The number of benzene rings is 2. The van der Waals surface area contributed by atoms with E-state index in [1.54, 1.807) is 6.07 Å². The normalized spacial score (nSPS) is 20.8. The van der Waals surface area contributed by atoms with Gasteiger partial charge in [-0.3, -0.25) is 0 Å². The molecule has 3 rings (SSSR count). The summed E-state index contributed by atoms with van der Waals surface area (Å²) in [5.41, 5.74) is 1.68. The second-order valence-corrected chi connectivity index (χ2v) is 5.63. The lowest BCUT2D eigenvalue weighted by atomic mass is 10.0. The van der Waals surface area contributed by atoms with Crippen molar-refractivity contribution in [1.82, 2.24) is 0 Å². The molecule has 0 saturated heterocycles. The molecule has 0 saturated carbocycles. The minimum Gasteiger partial charge on any atom is -0.481 e. The van der Waals surface area contributed by atoms with E-state index in [2.05, 4.69) is 5.32 Å². The summed E-state index contributed by atoms with van der Waals surface area (Å²) in [5.74, 6) is -0.0263. The molecule has 0 bridgehead atoms. The maximum absolute atomic E-state index is 13.5. The Morgan fingerprint density at radius 2 is 1.85 bits per heavy atom. The van der Waals surface area contributed by atoms with Crippen LogP contribution in [-0.2, 0) is 0 Å². The zero-order valence-electron chi connectivity index (χ0n) is 10.7. The summed E-state index contributed by atoms with van der Waals surface area (Å²) in [5, 5.41) is 4.03. The molecule has 1 aliphatic heterocycles. The highest BCUT2D eigenvalue weighted by molar-refractivity contribution is 6.31. The summed E-state index contributed by atoms with van der Waals surface area (Å²) >= 11 is 11.7. The monoisotopic (exact) mass is 311 g/mol. The molecule has 5 heteroatoms. The highest BCUT2D eigenvalue weighted by Gasteiger charge is 2.28. The molecular formula is C15H12Cl2FNO. The van der Waals surface area contributed by atoms with Crippen molar-refractivity contribution in [2.75, 3.05) is 5.32 Å². The quantitative estimate of drug-likeness (QED) is 0.794. The van der Waals surface area contributed by atoms with Crippen molar-refractivity contribution < 1.29 is 9.13 Å². The molecule has 0 radical (unpaired) electrons. The van der Waals surface area contributed by atoms with E-state index in [0.29, 0.717) is 16.5 Å². The Kier molecular flexibility index (Phi) is 3.48. The molecule has 2 nitrogen and oxygen atoms in total. The van der Waals surface area contributed by atoms with Gasteiger partial charge < -0.3 is 10.1 Å². The summed E-state index contributed by atoms with van der Waals surface area (Å²) in [4.78, 5) is 0. The van der Waals surface area contributed by atoms with Gasteiger partial charge in [0.2, 0.25) is 0 Å². The van der Waals surface area contributed by atoms with Crippen molar-refractivity contribution in [1.29, 1.82) is 0 Å². The Balaban J connectivity index is 1.96. The summed E-state index contributed by atoms with van der Waals surface area (Å²) in [7, 11) is 0. The topological polar surface area (TPSA) is 21.3 Å². The van der Waals surface area contributed by atoms with Gasteiger partial charge in [-0.1, -0.05) is 35.3 Å². The minimum absolute atomic E-state index is 0.0326. The van der Waals surface area contributed by atoms with Gasteiger partial charge in [0, 0.05) is 11.1 Å². The SMILES string of the molecule is CC1Nc2cc(Cl)c(F)cc2OC1c1ccc(Cl)cc1. The maximum atomic E-state index is 13.5. The Labute approximate surface area is 126 Å². The van der Waals surface area contributed by atoms with Gasteiger partial charge in [0.1, 0.15) is 17.7 Å². The van der Waals surface area contributed by atoms with Crippen LogP contribution in [0.1, 0.15) is 18.6 Å². The number of ether oxygens (including phenoxy) is 1. The van der Waals surface area contributed by atoms with Gasteiger partial charge in [-0.2, -0.15) is 0 Å². The summed E-state index contributed by atoms with van der Waals surface area (Å²) in [6.45, 7) is 2.00. The van der Waals surface area contributed by atoms with Gasteiger partial charge in [0.15, 0.2) is 0 Å². The number of anilines is 1. The molecule has 2 unspecified atom stereocenters. The van der Waals surface area contributed by atoms with E-state index < -0.39 is 5.82 Å². The first-order chi connectivity index (χ1) is 9.54. The zero-order chi connectivity index (χ0) is 14.3. The molecule has 0 spiro atoms. The highest BCUT2D eigenvalue weighted by Crippen LogP contribution is 2.39. The molecule has 2 aromatic rings. The number of hydrogen-bond acceptors (Lipinski definition) is 2. The van der Waals surface area contributed by atoms with Crippen LogP contribution < -0.4 is 10.1 Å². The molecule has 0 amide bonds. The van der Waals surface area contributed by atoms with Crippen molar-refractivity contribution in [3.63, 3.8) is 0 Å². The van der Waals surface area contributed by atoms with Gasteiger partial charge >= 0.3 is 0 Å². The van der Waals surface area contributed by atoms with E-state index in [0.717, 1.165) is 5.56 Å². The first-order valence-corrected chi connectivity index (χ1v) is 6.98. The van der Waals surface area contributed by atoms with E-state index in [1.165, 1.54) is 6.07 Å². The Bertz CT molecular complexity index is 645. The lowest BCUT2D eigenvalue weighted by molar-refractivity contribution is 0.177. The van der Waals surface area contributed by atoms with Gasteiger partial charge in [-0.05, 0) is 30.7 Å². The molecule has 1 heterocycles. The second kappa shape index (κ2) is 5.15. The summed E-state index contributed by atoms with van der Waals surface area (Å²) in [6, 6.07) is 10.3. The number of halogens is 3. The predicted molar refractivity (Wildman–Crippen MR) is 79.3 cm³/mol. The summed E-state index contributed by atoms with van der Waals surface area (Å²) in [6.07, 6.45) is -0.208. The largest absolute Gasteiger partial charge is 0.481 e. The average molecular weight is 312 g/mol. The van der Waals surface area contributed by atoms with E-state index in [9.17, 15) is 4.39 Å². The van der Waals surface area contributed by atoms with Crippen molar-refractivity contribution in [2.24, 2.45) is 0 Å². The molecule has 2 atom stereocenters. The van der Waals surface area contributed by atoms with Crippen LogP contribution in [0.4, 0.5) is 10.1 Å². The number of nitrogens with one attached hydrogen (secondary N) is 1. The molecule has 1 aliphatic rings. The number of fused-ring (bicyclic) bond motifs is 1. The fourth-order valence-electron chi connectivity index (χ4n) is 2.31. The molecule has 1 N–H and O–H groups in total. The van der Waals surface area contributed by atoms with E-state index >= 15 is 0 Å². The fraction of sp³-hybridized carbons (Fsp3) is 0.200. The van der Waals surface area contributed by atoms with Crippen LogP contribution in [0.5, 0.6) is 5.75 Å². The maximum Gasteiger partial charge on any atom is 0.146 e. The third-order valence-corrected chi connectivity index (χ3v) is 3.85. The minimum atomic E-state index is -0.489. The molecule has 0 aromatic heterocycles. The smallest absolute Gasteiger partial charge is 0.146 e. The molecular weight excluding hydrogens is 300 g/mol. The van der Waals surface area contributed by atoms with Crippen LogP contribution in [0, 0.1) is 5.82 Å². The summed E-state index contributed by atoms with van der Waals surface area (Å²) < 4.78 is 19.4. The van der Waals surface area contributed by atoms with Crippen molar-refractivity contribution in [2.45, 2.75) is 19.1 Å². The zero-order valence-corrected chi connectivity index (χ0v) is 12.2. The molecule has 20 heavy (non-hydrogen) atoms. The molecule has 104 valence electrons. The van der Waals surface area contributed by atoms with Gasteiger partial charge in [0.25, 0.3) is 0 Å². The lowest BCUT2D eigenvalue weighted by Gasteiger charge is -2.33. The van der Waals surface area contributed by atoms with Crippen LogP contribution >= 0.6 is 23.2 Å². The van der Waals surface area contributed by atoms with E-state index in [1.807, 2.05) is 31.2 Å². The van der Waals surface area contributed by atoms with E-state index in [4.69, 9.17) is 27.9 Å². The molecule has 0 fully saturated rings. The van der Waals surface area contributed by atoms with Crippen molar-refractivity contribution in [3.05, 3.63) is 57.8 Å². The van der Waals surface area contributed by atoms with Crippen molar-refractivity contribution in [3.8, 4) is 5.75 Å². The second-order valence-electron chi connectivity index (χ2n) is 4.79. The lowest BCUT2D eigenvalue weighted by Crippen LogP contribution is -2.32. The van der Waals surface area contributed by atoms with Crippen LogP contribution in [0.25, 0.3) is 0 Å². The van der Waals surface area contributed by atoms with Gasteiger partial charge in [0.05, 0.1) is 16.8 Å². The first kappa shape index (κ1) is 13.5. The highest BCUT2D eigenvalue weighted by atomic mass is 35.5. The van der Waals surface area contributed by atoms with Gasteiger partial charge in [-0.15, -0.1) is 0 Å². The van der Waals surface area contributed by atoms with E-state index in [-0.39, 0.29) is 17.2 Å². The fourth-order valence-corrected chi connectivity index (χ4v) is 2.60. The van der Waals surface area contributed by atoms with Gasteiger partial charge in [-0.25, -0.2) is 4.39 Å². The standard InChI is InChI=1S/C15H12Cl2FNO/c1-8-15(9-2-4-10(16)5-3-9)20-14-7-12(18)11(17)6-13(14)19-8/h2-8,15,19H,1H3. The first-order valence-electron chi connectivity index (χ1n) is 6.22. The Hall–Kier alpha value is -1.45. The van der Waals surface area contributed by atoms with Crippen LogP contribution in [0.3, 0.4) is 0 Å². The molecule has 2 aromatic carbocycles. The Morgan fingerprint density at radius 1 is 1.15 bits per heavy atom. The predicted octanol–water partition coefficient (Wildman–Crippen LogP) is 5.07. The van der Waals surface area contributed by atoms with Crippen molar-refractivity contribution >= 4 is 28.9 Å². The average Bonchev–Trinajstić information content (AvgIpc) is 2.41. The van der Waals surface area contributed by atoms with Crippen LogP contribution in [0.15, 0.2) is 36.4 Å². The number of rotatable bonds is 1. The Morgan fingerprint density at radius 3 is 2.55 bits per heavy atom. The van der Waals surface area contributed by atoms with Crippen LogP contribution in [-0.4, -0.2) is 6.04 Å². The number of hydrogen-bond donors (Lipinski definition) is 1. The van der Waals surface area contributed by atoms with Crippen LogP contribution in [0.2, 0.25) is 10.0 Å². The third-order valence-electron chi connectivity index (χ3n) is 3.31. The third kappa shape index (κ3) is 2.43. The molecule has 0 aliphatic carbocycles.